The normalized spacial score (nSPS) is 13.6. The van der Waals surface area contributed by atoms with Crippen molar-refractivity contribution in [2.24, 2.45) is 0 Å². The highest BCUT2D eigenvalue weighted by Gasteiger charge is 2.30. The van der Waals surface area contributed by atoms with Crippen molar-refractivity contribution >= 4 is 0 Å². The standard InChI is InChI=1S/C15H17FO2/c1-15(2,11-5-7-12(16)8-6-11)14(17)10-13-4-3-9-18-13/h3-9,14,17H,10H2,1-2H3. The van der Waals surface area contributed by atoms with Crippen LogP contribution in [0.3, 0.4) is 0 Å². The van der Waals surface area contributed by atoms with Crippen molar-refractivity contribution in [3.8, 4) is 0 Å². The molecule has 2 nitrogen and oxygen atoms in total. The molecule has 0 fully saturated rings. The second kappa shape index (κ2) is 4.94. The van der Waals surface area contributed by atoms with Crippen molar-refractivity contribution in [3.05, 3.63) is 59.8 Å². The molecule has 0 aliphatic heterocycles. The first-order valence-corrected chi connectivity index (χ1v) is 5.96. The Bertz CT molecular complexity index is 486. The Morgan fingerprint density at radius 3 is 2.44 bits per heavy atom. The summed E-state index contributed by atoms with van der Waals surface area (Å²) in [6, 6.07) is 9.88. The van der Waals surface area contributed by atoms with Crippen molar-refractivity contribution in [2.75, 3.05) is 0 Å². The number of aliphatic hydroxyl groups excluding tert-OH is 1. The summed E-state index contributed by atoms with van der Waals surface area (Å²) < 4.78 is 18.1. The van der Waals surface area contributed by atoms with Crippen LogP contribution < -0.4 is 0 Å². The summed E-state index contributed by atoms with van der Waals surface area (Å²) in [5.74, 6) is 0.479. The maximum Gasteiger partial charge on any atom is 0.123 e. The first-order valence-electron chi connectivity index (χ1n) is 5.96. The largest absolute Gasteiger partial charge is 0.469 e. The van der Waals surface area contributed by atoms with Gasteiger partial charge in [-0.05, 0) is 29.8 Å². The van der Waals surface area contributed by atoms with Gasteiger partial charge >= 0.3 is 0 Å². The molecule has 0 saturated heterocycles. The van der Waals surface area contributed by atoms with Gasteiger partial charge in [0.25, 0.3) is 0 Å². The summed E-state index contributed by atoms with van der Waals surface area (Å²) in [5, 5.41) is 10.3. The predicted molar refractivity (Wildman–Crippen MR) is 67.8 cm³/mol. The SMILES string of the molecule is CC(C)(c1ccc(F)cc1)C(O)Cc1ccco1. The molecule has 18 heavy (non-hydrogen) atoms. The molecule has 1 aromatic heterocycles. The van der Waals surface area contributed by atoms with Crippen LogP contribution in [-0.2, 0) is 11.8 Å². The van der Waals surface area contributed by atoms with Crippen molar-refractivity contribution in [1.82, 2.24) is 0 Å². The number of hydrogen-bond donors (Lipinski definition) is 1. The van der Waals surface area contributed by atoms with Crippen LogP contribution >= 0.6 is 0 Å². The topological polar surface area (TPSA) is 33.4 Å². The van der Waals surface area contributed by atoms with E-state index in [0.29, 0.717) is 6.42 Å². The van der Waals surface area contributed by atoms with Crippen LogP contribution in [0.25, 0.3) is 0 Å². The van der Waals surface area contributed by atoms with Gasteiger partial charge in [0.1, 0.15) is 11.6 Å². The van der Waals surface area contributed by atoms with Crippen LogP contribution in [0.2, 0.25) is 0 Å². The fourth-order valence-corrected chi connectivity index (χ4v) is 1.95. The van der Waals surface area contributed by atoms with Gasteiger partial charge in [0.05, 0.1) is 12.4 Å². The molecule has 96 valence electrons. The van der Waals surface area contributed by atoms with Crippen molar-refractivity contribution in [1.29, 1.82) is 0 Å². The molecule has 0 aliphatic rings. The average Bonchev–Trinajstić information content (AvgIpc) is 2.82. The van der Waals surface area contributed by atoms with Crippen molar-refractivity contribution < 1.29 is 13.9 Å². The Morgan fingerprint density at radius 2 is 1.89 bits per heavy atom. The number of furan rings is 1. The molecule has 1 heterocycles. The molecule has 2 aromatic rings. The maximum absolute atomic E-state index is 12.9. The van der Waals surface area contributed by atoms with Gasteiger partial charge in [-0.1, -0.05) is 26.0 Å². The molecule has 1 aromatic carbocycles. The van der Waals surface area contributed by atoms with Crippen LogP contribution in [0.1, 0.15) is 25.2 Å². The molecule has 1 unspecified atom stereocenters. The highest BCUT2D eigenvalue weighted by Crippen LogP contribution is 2.29. The maximum atomic E-state index is 12.9. The zero-order chi connectivity index (χ0) is 13.2. The average molecular weight is 248 g/mol. The highest BCUT2D eigenvalue weighted by molar-refractivity contribution is 5.26. The molecule has 1 atom stereocenters. The third-order valence-corrected chi connectivity index (χ3v) is 3.40. The first-order chi connectivity index (χ1) is 8.50. The molecule has 0 bridgehead atoms. The number of aliphatic hydroxyl groups is 1. The van der Waals surface area contributed by atoms with E-state index in [4.69, 9.17) is 4.42 Å². The molecule has 0 spiro atoms. The molecule has 0 radical (unpaired) electrons. The van der Waals surface area contributed by atoms with Gasteiger partial charge in [-0.25, -0.2) is 4.39 Å². The Balaban J connectivity index is 2.16. The summed E-state index contributed by atoms with van der Waals surface area (Å²) in [7, 11) is 0. The lowest BCUT2D eigenvalue weighted by atomic mass is 9.78. The fraction of sp³-hybridized carbons (Fsp3) is 0.333. The molecule has 0 aliphatic carbocycles. The Labute approximate surface area is 106 Å². The summed E-state index contributed by atoms with van der Waals surface area (Å²) in [6.07, 6.45) is 1.44. The van der Waals surface area contributed by atoms with Gasteiger partial charge < -0.3 is 9.52 Å². The molecular formula is C15H17FO2. The van der Waals surface area contributed by atoms with Gasteiger partial charge in [-0.3, -0.25) is 0 Å². The monoisotopic (exact) mass is 248 g/mol. The second-order valence-corrected chi connectivity index (χ2v) is 5.03. The zero-order valence-corrected chi connectivity index (χ0v) is 10.6. The minimum atomic E-state index is -0.589. The Kier molecular flexibility index (Phi) is 3.53. The lowest BCUT2D eigenvalue weighted by Crippen LogP contribution is -2.35. The van der Waals surface area contributed by atoms with Crippen LogP contribution in [0.15, 0.2) is 47.1 Å². The molecule has 3 heteroatoms. The number of halogens is 1. The third kappa shape index (κ3) is 2.62. The number of hydrogen-bond acceptors (Lipinski definition) is 2. The van der Waals surface area contributed by atoms with Gasteiger partial charge in [0.2, 0.25) is 0 Å². The number of benzene rings is 1. The lowest BCUT2D eigenvalue weighted by Gasteiger charge is -2.30. The van der Waals surface area contributed by atoms with Crippen LogP contribution in [0, 0.1) is 5.82 Å². The Morgan fingerprint density at radius 1 is 1.22 bits per heavy atom. The van der Waals surface area contributed by atoms with Gasteiger partial charge in [-0.15, -0.1) is 0 Å². The molecule has 1 N–H and O–H groups in total. The third-order valence-electron chi connectivity index (χ3n) is 3.40. The first kappa shape index (κ1) is 12.8. The van der Waals surface area contributed by atoms with Gasteiger partial charge in [0, 0.05) is 11.8 Å². The van der Waals surface area contributed by atoms with E-state index >= 15 is 0 Å². The van der Waals surface area contributed by atoms with E-state index in [0.717, 1.165) is 11.3 Å². The van der Waals surface area contributed by atoms with Crippen LogP contribution in [0.5, 0.6) is 0 Å². The van der Waals surface area contributed by atoms with E-state index in [1.165, 1.54) is 12.1 Å². The zero-order valence-electron chi connectivity index (χ0n) is 10.6. The van der Waals surface area contributed by atoms with Crippen molar-refractivity contribution in [3.63, 3.8) is 0 Å². The number of rotatable bonds is 4. The summed E-state index contributed by atoms with van der Waals surface area (Å²) in [4.78, 5) is 0. The fourth-order valence-electron chi connectivity index (χ4n) is 1.95. The second-order valence-electron chi connectivity index (χ2n) is 5.03. The molecule has 0 amide bonds. The van der Waals surface area contributed by atoms with E-state index in [-0.39, 0.29) is 5.82 Å². The summed E-state index contributed by atoms with van der Waals surface area (Å²) in [6.45, 7) is 3.88. The van der Waals surface area contributed by atoms with Gasteiger partial charge in [-0.2, -0.15) is 0 Å². The molecule has 0 saturated carbocycles. The Hall–Kier alpha value is -1.61. The highest BCUT2D eigenvalue weighted by atomic mass is 19.1. The van der Waals surface area contributed by atoms with Gasteiger partial charge in [0.15, 0.2) is 0 Å². The lowest BCUT2D eigenvalue weighted by molar-refractivity contribution is 0.0946. The summed E-state index contributed by atoms with van der Waals surface area (Å²) in [5.41, 5.74) is 0.448. The van der Waals surface area contributed by atoms with Crippen LogP contribution in [-0.4, -0.2) is 11.2 Å². The minimum Gasteiger partial charge on any atom is -0.469 e. The van der Waals surface area contributed by atoms with E-state index < -0.39 is 11.5 Å². The van der Waals surface area contributed by atoms with E-state index in [2.05, 4.69) is 0 Å². The van der Waals surface area contributed by atoms with E-state index in [1.807, 2.05) is 19.9 Å². The predicted octanol–water partition coefficient (Wildman–Crippen LogP) is 3.30. The van der Waals surface area contributed by atoms with E-state index in [1.54, 1.807) is 24.5 Å². The van der Waals surface area contributed by atoms with Crippen LogP contribution in [0.4, 0.5) is 4.39 Å². The summed E-state index contributed by atoms with van der Waals surface area (Å²) >= 11 is 0. The quantitative estimate of drug-likeness (QED) is 0.900. The van der Waals surface area contributed by atoms with E-state index in [9.17, 15) is 9.50 Å². The molecule has 2 rings (SSSR count). The smallest absolute Gasteiger partial charge is 0.123 e. The minimum absolute atomic E-state index is 0.268. The van der Waals surface area contributed by atoms with Crippen molar-refractivity contribution in [2.45, 2.75) is 31.8 Å². The molecular weight excluding hydrogens is 231 g/mol.